The lowest BCUT2D eigenvalue weighted by molar-refractivity contribution is 0.00635. The number of aromatic nitrogens is 3. The molecular weight excluding hydrogens is 206 g/mol. The van der Waals surface area contributed by atoms with Crippen LogP contribution in [0.25, 0.3) is 5.65 Å². The van der Waals surface area contributed by atoms with E-state index in [1.54, 1.807) is 29.0 Å². The summed E-state index contributed by atoms with van der Waals surface area (Å²) in [5, 5.41) is 4.03. The number of carbonyl (C=O) groups is 1. The number of carbonyl (C=O) groups excluding carboxylic acids is 1. The van der Waals surface area contributed by atoms with E-state index < -0.39 is 11.6 Å². The summed E-state index contributed by atoms with van der Waals surface area (Å²) >= 11 is 0. The zero-order valence-electron chi connectivity index (χ0n) is 9.47. The summed E-state index contributed by atoms with van der Waals surface area (Å²) in [6.45, 7) is 5.46. The van der Waals surface area contributed by atoms with Gasteiger partial charge in [0.2, 0.25) is 0 Å². The molecule has 0 unspecified atom stereocenters. The van der Waals surface area contributed by atoms with Crippen molar-refractivity contribution in [2.24, 2.45) is 0 Å². The molecule has 0 atom stereocenters. The van der Waals surface area contributed by atoms with Crippen LogP contribution >= 0.6 is 0 Å². The topological polar surface area (TPSA) is 56.5 Å². The molecule has 2 aromatic rings. The normalized spacial score (nSPS) is 11.7. The second kappa shape index (κ2) is 3.59. The Morgan fingerprint density at radius 2 is 2.19 bits per heavy atom. The maximum atomic E-state index is 11.7. The Balaban J connectivity index is 2.30. The first-order valence-corrected chi connectivity index (χ1v) is 4.99. The van der Waals surface area contributed by atoms with E-state index in [0.717, 1.165) is 0 Å². The number of hydrogen-bond donors (Lipinski definition) is 0. The van der Waals surface area contributed by atoms with Gasteiger partial charge in [0.25, 0.3) is 0 Å². The lowest BCUT2D eigenvalue weighted by Gasteiger charge is -2.18. The molecule has 0 amide bonds. The van der Waals surface area contributed by atoms with E-state index in [0.29, 0.717) is 5.65 Å². The molecule has 16 heavy (non-hydrogen) atoms. The van der Waals surface area contributed by atoms with Crippen LogP contribution in [0.5, 0.6) is 0 Å². The largest absolute Gasteiger partial charge is 0.455 e. The summed E-state index contributed by atoms with van der Waals surface area (Å²) in [5.74, 6) is -0.432. The minimum Gasteiger partial charge on any atom is -0.455 e. The number of rotatable bonds is 1. The molecule has 0 aliphatic rings. The third-order valence-electron chi connectivity index (χ3n) is 1.84. The number of nitrogens with zero attached hydrogens (tertiary/aromatic N) is 3. The molecule has 0 bridgehead atoms. The number of imidazole rings is 1. The average Bonchev–Trinajstić information content (AvgIpc) is 2.58. The van der Waals surface area contributed by atoms with Gasteiger partial charge in [-0.25, -0.2) is 14.3 Å². The first-order chi connectivity index (χ1) is 7.46. The molecule has 2 heterocycles. The fourth-order valence-electron chi connectivity index (χ4n) is 1.26. The lowest BCUT2D eigenvalue weighted by atomic mass is 10.2. The molecule has 0 fully saturated rings. The first-order valence-electron chi connectivity index (χ1n) is 4.99. The van der Waals surface area contributed by atoms with E-state index in [4.69, 9.17) is 4.74 Å². The molecule has 0 saturated heterocycles. The van der Waals surface area contributed by atoms with Crippen molar-refractivity contribution in [2.45, 2.75) is 26.4 Å². The Hall–Kier alpha value is -1.91. The van der Waals surface area contributed by atoms with Crippen LogP contribution in [0.3, 0.4) is 0 Å². The van der Waals surface area contributed by atoms with Gasteiger partial charge in [-0.3, -0.25) is 0 Å². The number of esters is 1. The van der Waals surface area contributed by atoms with Crippen molar-refractivity contribution in [1.82, 2.24) is 14.6 Å². The molecule has 5 heteroatoms. The molecule has 0 spiro atoms. The maximum absolute atomic E-state index is 11.7. The van der Waals surface area contributed by atoms with E-state index >= 15 is 0 Å². The van der Waals surface area contributed by atoms with Gasteiger partial charge < -0.3 is 4.74 Å². The van der Waals surface area contributed by atoms with Crippen molar-refractivity contribution in [3.05, 3.63) is 30.2 Å². The average molecular weight is 219 g/mol. The maximum Gasteiger partial charge on any atom is 0.359 e. The Bertz CT molecular complexity index is 492. The van der Waals surface area contributed by atoms with Gasteiger partial charge in [0, 0.05) is 6.20 Å². The third-order valence-corrected chi connectivity index (χ3v) is 1.84. The standard InChI is InChI=1S/C11H13N3O2/c1-11(2,3)16-10(15)8-7-14-9(13-8)5-4-6-12-14/h4-7H,1-3H3. The minimum absolute atomic E-state index is 0.272. The molecule has 0 radical (unpaired) electrons. The van der Waals surface area contributed by atoms with Crippen LogP contribution in [0, 0.1) is 0 Å². The summed E-state index contributed by atoms with van der Waals surface area (Å²) in [5.41, 5.74) is 0.386. The molecule has 0 N–H and O–H groups in total. The zero-order valence-corrected chi connectivity index (χ0v) is 9.47. The Kier molecular flexibility index (Phi) is 2.38. The van der Waals surface area contributed by atoms with Crippen LogP contribution in [0.1, 0.15) is 31.3 Å². The van der Waals surface area contributed by atoms with Gasteiger partial charge in [-0.05, 0) is 32.9 Å². The van der Waals surface area contributed by atoms with Crippen molar-refractivity contribution in [3.63, 3.8) is 0 Å². The van der Waals surface area contributed by atoms with Crippen molar-refractivity contribution in [1.29, 1.82) is 0 Å². The van der Waals surface area contributed by atoms with Crippen LogP contribution in [0.4, 0.5) is 0 Å². The molecular formula is C11H13N3O2. The van der Waals surface area contributed by atoms with E-state index in [9.17, 15) is 4.79 Å². The van der Waals surface area contributed by atoms with E-state index in [-0.39, 0.29) is 5.69 Å². The smallest absolute Gasteiger partial charge is 0.359 e. The molecule has 2 aromatic heterocycles. The van der Waals surface area contributed by atoms with E-state index in [1.165, 1.54) is 0 Å². The predicted octanol–water partition coefficient (Wildman–Crippen LogP) is 1.68. The molecule has 0 saturated carbocycles. The van der Waals surface area contributed by atoms with E-state index in [1.807, 2.05) is 20.8 Å². The second-order valence-corrected chi connectivity index (χ2v) is 4.45. The number of ether oxygens (including phenoxy) is 1. The Morgan fingerprint density at radius 1 is 1.44 bits per heavy atom. The summed E-state index contributed by atoms with van der Waals surface area (Å²) in [6, 6.07) is 3.54. The summed E-state index contributed by atoms with van der Waals surface area (Å²) in [7, 11) is 0. The monoisotopic (exact) mass is 219 g/mol. The Morgan fingerprint density at radius 3 is 2.81 bits per heavy atom. The van der Waals surface area contributed by atoms with Crippen molar-refractivity contribution < 1.29 is 9.53 Å². The highest BCUT2D eigenvalue weighted by atomic mass is 16.6. The van der Waals surface area contributed by atoms with Gasteiger partial charge in [0.15, 0.2) is 11.3 Å². The van der Waals surface area contributed by atoms with Crippen LogP contribution in [-0.2, 0) is 4.74 Å². The quantitative estimate of drug-likeness (QED) is 0.685. The fraction of sp³-hybridized carbons (Fsp3) is 0.364. The minimum atomic E-state index is -0.514. The van der Waals surface area contributed by atoms with Crippen molar-refractivity contribution in [3.8, 4) is 0 Å². The van der Waals surface area contributed by atoms with Gasteiger partial charge in [-0.15, -0.1) is 0 Å². The predicted molar refractivity (Wildman–Crippen MR) is 58.2 cm³/mol. The highest BCUT2D eigenvalue weighted by molar-refractivity contribution is 5.88. The van der Waals surface area contributed by atoms with Crippen LogP contribution in [0.15, 0.2) is 24.5 Å². The fourth-order valence-corrected chi connectivity index (χ4v) is 1.26. The van der Waals surface area contributed by atoms with Gasteiger partial charge in [-0.2, -0.15) is 5.10 Å². The van der Waals surface area contributed by atoms with Gasteiger partial charge in [0.05, 0.1) is 6.20 Å². The third kappa shape index (κ3) is 2.18. The van der Waals surface area contributed by atoms with Gasteiger partial charge in [-0.1, -0.05) is 0 Å². The Labute approximate surface area is 93.1 Å². The molecule has 0 aliphatic heterocycles. The van der Waals surface area contributed by atoms with Gasteiger partial charge in [0.1, 0.15) is 5.60 Å². The highest BCUT2D eigenvalue weighted by Crippen LogP contribution is 2.11. The van der Waals surface area contributed by atoms with Crippen molar-refractivity contribution >= 4 is 11.6 Å². The zero-order chi connectivity index (χ0) is 11.8. The molecule has 0 aromatic carbocycles. The first kappa shape index (κ1) is 10.6. The second-order valence-electron chi connectivity index (χ2n) is 4.45. The summed E-state index contributed by atoms with van der Waals surface area (Å²) in [4.78, 5) is 15.8. The van der Waals surface area contributed by atoms with Crippen LogP contribution in [-0.4, -0.2) is 26.2 Å². The summed E-state index contributed by atoms with van der Waals surface area (Å²) < 4.78 is 6.75. The van der Waals surface area contributed by atoms with Crippen molar-refractivity contribution in [2.75, 3.05) is 0 Å². The van der Waals surface area contributed by atoms with Crippen LogP contribution in [0.2, 0.25) is 0 Å². The molecule has 0 aliphatic carbocycles. The van der Waals surface area contributed by atoms with E-state index in [2.05, 4.69) is 10.1 Å². The molecule has 5 nitrogen and oxygen atoms in total. The summed E-state index contributed by atoms with van der Waals surface area (Å²) in [6.07, 6.45) is 3.19. The molecule has 84 valence electrons. The van der Waals surface area contributed by atoms with Gasteiger partial charge >= 0.3 is 5.97 Å². The number of hydrogen-bond acceptors (Lipinski definition) is 4. The highest BCUT2D eigenvalue weighted by Gasteiger charge is 2.20. The molecule has 2 rings (SSSR count). The number of fused-ring (bicyclic) bond motifs is 1. The lowest BCUT2D eigenvalue weighted by Crippen LogP contribution is -2.24. The van der Waals surface area contributed by atoms with Crippen LogP contribution < -0.4 is 0 Å². The SMILES string of the molecule is CC(C)(C)OC(=O)c1cn2ncccc2n1.